The number of esters is 1. The highest BCUT2D eigenvalue weighted by atomic mass is 79.9. The van der Waals surface area contributed by atoms with Crippen LogP contribution in [0.25, 0.3) is 10.8 Å². The molecular weight excluding hydrogens is 397 g/mol. The molecule has 0 radical (unpaired) electrons. The van der Waals surface area contributed by atoms with Gasteiger partial charge in [0.2, 0.25) is 0 Å². The van der Waals surface area contributed by atoms with Crippen LogP contribution in [0.2, 0.25) is 0 Å². The van der Waals surface area contributed by atoms with Crippen LogP contribution in [-0.2, 0) is 4.74 Å². The molecule has 2 aromatic carbocycles. The second-order valence-corrected chi connectivity index (χ2v) is 6.91. The summed E-state index contributed by atoms with van der Waals surface area (Å²) in [5.41, 5.74) is 0.123. The van der Waals surface area contributed by atoms with Crippen molar-refractivity contribution in [3.05, 3.63) is 46.4 Å². The van der Waals surface area contributed by atoms with E-state index in [0.717, 1.165) is 28.1 Å². The predicted octanol–water partition coefficient (Wildman–Crippen LogP) is 6.66. The Bertz CT molecular complexity index is 728. The maximum absolute atomic E-state index is 13.1. The lowest BCUT2D eigenvalue weighted by molar-refractivity contribution is -0.206. The summed E-state index contributed by atoms with van der Waals surface area (Å²) in [6.07, 6.45) is -3.91. The first-order valence-corrected chi connectivity index (χ1v) is 9.07. The summed E-state index contributed by atoms with van der Waals surface area (Å²) in [4.78, 5) is 12.2. The normalized spacial score (nSPS) is 13.0. The zero-order valence-electron chi connectivity index (χ0n) is 13.9. The molecule has 1 atom stereocenters. The Kier molecular flexibility index (Phi) is 6.87. The molecule has 6 heteroatoms. The lowest BCUT2D eigenvalue weighted by Gasteiger charge is -2.20. The number of hydrogen-bond acceptors (Lipinski definition) is 2. The van der Waals surface area contributed by atoms with Gasteiger partial charge in [0, 0.05) is 4.47 Å². The van der Waals surface area contributed by atoms with Crippen molar-refractivity contribution in [2.75, 3.05) is 0 Å². The Labute approximate surface area is 153 Å². The van der Waals surface area contributed by atoms with Crippen molar-refractivity contribution in [3.63, 3.8) is 0 Å². The monoisotopic (exact) mass is 416 g/mol. The van der Waals surface area contributed by atoms with Gasteiger partial charge in [-0.3, -0.25) is 0 Å². The van der Waals surface area contributed by atoms with Gasteiger partial charge in [-0.25, -0.2) is 4.79 Å². The number of halogens is 4. The van der Waals surface area contributed by atoms with Gasteiger partial charge in [-0.1, -0.05) is 54.2 Å². The molecule has 0 spiro atoms. The van der Waals surface area contributed by atoms with Gasteiger partial charge in [-0.2, -0.15) is 13.2 Å². The third kappa shape index (κ3) is 5.73. The van der Waals surface area contributed by atoms with Gasteiger partial charge in [0.05, 0.1) is 5.56 Å². The van der Waals surface area contributed by atoms with Crippen LogP contribution >= 0.6 is 15.9 Å². The zero-order chi connectivity index (χ0) is 18.4. The van der Waals surface area contributed by atoms with Crippen LogP contribution in [0.15, 0.2) is 40.9 Å². The Morgan fingerprint density at radius 1 is 1.08 bits per heavy atom. The number of carbonyl (C=O) groups is 1. The summed E-state index contributed by atoms with van der Waals surface area (Å²) in [5.74, 6) is -0.942. The van der Waals surface area contributed by atoms with E-state index >= 15 is 0 Å². The summed E-state index contributed by atoms with van der Waals surface area (Å²) >= 11 is 3.35. The average molecular weight is 417 g/mol. The molecule has 0 bridgehead atoms. The van der Waals surface area contributed by atoms with Gasteiger partial charge in [-0.05, 0) is 47.9 Å². The summed E-state index contributed by atoms with van der Waals surface area (Å²) in [5, 5.41) is 1.65. The minimum atomic E-state index is -4.55. The van der Waals surface area contributed by atoms with Crippen LogP contribution in [0.3, 0.4) is 0 Å². The molecule has 136 valence electrons. The smallest absolute Gasteiger partial charge is 0.425 e. The molecule has 2 rings (SSSR count). The Hall–Kier alpha value is -1.56. The van der Waals surface area contributed by atoms with Crippen LogP contribution in [0, 0.1) is 0 Å². The SMILES string of the molecule is CCCCCC[C@H](OC(=O)c1ccc2cc(Br)ccc2c1)C(F)(F)F. The van der Waals surface area contributed by atoms with Crippen LogP contribution in [-0.4, -0.2) is 18.2 Å². The quantitative estimate of drug-likeness (QED) is 0.372. The molecule has 0 aromatic heterocycles. The van der Waals surface area contributed by atoms with E-state index in [2.05, 4.69) is 15.9 Å². The molecule has 25 heavy (non-hydrogen) atoms. The van der Waals surface area contributed by atoms with Crippen molar-refractivity contribution < 1.29 is 22.7 Å². The van der Waals surface area contributed by atoms with Gasteiger partial charge in [0.25, 0.3) is 0 Å². The number of benzene rings is 2. The van der Waals surface area contributed by atoms with Crippen LogP contribution < -0.4 is 0 Å². The second-order valence-electron chi connectivity index (χ2n) is 5.99. The van der Waals surface area contributed by atoms with E-state index in [0.29, 0.717) is 12.8 Å². The van der Waals surface area contributed by atoms with Gasteiger partial charge in [0.15, 0.2) is 6.10 Å². The highest BCUT2D eigenvalue weighted by Gasteiger charge is 2.42. The van der Waals surface area contributed by atoms with Gasteiger partial charge >= 0.3 is 12.1 Å². The molecule has 0 saturated carbocycles. The molecule has 2 aromatic rings. The fraction of sp³-hybridized carbons (Fsp3) is 0.421. The number of rotatable bonds is 7. The molecular formula is C19H20BrF3O2. The van der Waals surface area contributed by atoms with Crippen LogP contribution in [0.5, 0.6) is 0 Å². The van der Waals surface area contributed by atoms with E-state index in [1.54, 1.807) is 18.2 Å². The average Bonchev–Trinajstić information content (AvgIpc) is 2.56. The Morgan fingerprint density at radius 3 is 2.44 bits per heavy atom. The summed E-state index contributed by atoms with van der Waals surface area (Å²) in [6.45, 7) is 1.99. The standard InChI is InChI=1S/C19H20BrF3O2/c1-2-3-4-5-6-17(19(21,22)23)25-18(24)15-8-7-14-12-16(20)10-9-13(14)11-15/h7-12,17H,2-6H2,1H3/t17-/m0/s1. The number of fused-ring (bicyclic) bond motifs is 1. The van der Waals surface area contributed by atoms with Crippen LogP contribution in [0.1, 0.15) is 49.4 Å². The van der Waals surface area contributed by atoms with Gasteiger partial charge in [-0.15, -0.1) is 0 Å². The number of alkyl halides is 3. The van der Waals surface area contributed by atoms with Crippen LogP contribution in [0.4, 0.5) is 13.2 Å². The largest absolute Gasteiger partial charge is 0.449 e. The second kappa shape index (κ2) is 8.70. The van der Waals surface area contributed by atoms with Crippen molar-refractivity contribution in [2.45, 2.75) is 51.3 Å². The highest BCUT2D eigenvalue weighted by molar-refractivity contribution is 9.10. The topological polar surface area (TPSA) is 26.3 Å². The number of ether oxygens (including phenoxy) is 1. The first-order chi connectivity index (χ1) is 11.8. The number of unbranched alkanes of at least 4 members (excludes halogenated alkanes) is 3. The van der Waals surface area contributed by atoms with Crippen molar-refractivity contribution in [1.29, 1.82) is 0 Å². The molecule has 0 N–H and O–H groups in total. The van der Waals surface area contributed by atoms with E-state index in [-0.39, 0.29) is 12.0 Å². The first-order valence-electron chi connectivity index (χ1n) is 8.28. The predicted molar refractivity (Wildman–Crippen MR) is 95.7 cm³/mol. The number of carbonyl (C=O) groups excluding carboxylic acids is 1. The maximum Gasteiger partial charge on any atom is 0.425 e. The molecule has 0 aliphatic heterocycles. The number of hydrogen-bond donors (Lipinski definition) is 0. The summed E-state index contributed by atoms with van der Waals surface area (Å²) in [7, 11) is 0. The van der Waals surface area contributed by atoms with Gasteiger partial charge < -0.3 is 4.74 Å². The van der Waals surface area contributed by atoms with E-state index in [1.165, 1.54) is 6.07 Å². The Balaban J connectivity index is 2.10. The fourth-order valence-electron chi connectivity index (χ4n) is 2.59. The first kappa shape index (κ1) is 19.8. The third-order valence-electron chi connectivity index (χ3n) is 3.97. The minimum absolute atomic E-state index is 0.123. The minimum Gasteiger partial charge on any atom is -0.449 e. The Morgan fingerprint density at radius 2 is 1.76 bits per heavy atom. The lowest BCUT2D eigenvalue weighted by atomic mass is 10.1. The molecule has 0 aliphatic carbocycles. The van der Waals surface area contributed by atoms with Crippen molar-refractivity contribution >= 4 is 32.7 Å². The van der Waals surface area contributed by atoms with E-state index in [4.69, 9.17) is 4.74 Å². The molecule has 0 aliphatic rings. The highest BCUT2D eigenvalue weighted by Crippen LogP contribution is 2.29. The van der Waals surface area contributed by atoms with Crippen molar-refractivity contribution in [1.82, 2.24) is 0 Å². The molecule has 0 heterocycles. The molecule has 0 fully saturated rings. The zero-order valence-corrected chi connectivity index (χ0v) is 15.5. The summed E-state index contributed by atoms with van der Waals surface area (Å²) in [6, 6.07) is 10.2. The molecule has 2 nitrogen and oxygen atoms in total. The fourth-order valence-corrected chi connectivity index (χ4v) is 2.97. The van der Waals surface area contributed by atoms with E-state index in [9.17, 15) is 18.0 Å². The lowest BCUT2D eigenvalue weighted by Crippen LogP contribution is -2.33. The maximum atomic E-state index is 13.1. The third-order valence-corrected chi connectivity index (χ3v) is 4.47. The van der Waals surface area contributed by atoms with Gasteiger partial charge in [0.1, 0.15) is 0 Å². The molecule has 0 amide bonds. The summed E-state index contributed by atoms with van der Waals surface area (Å²) < 4.78 is 45.0. The van der Waals surface area contributed by atoms with Crippen molar-refractivity contribution in [3.8, 4) is 0 Å². The van der Waals surface area contributed by atoms with E-state index < -0.39 is 18.2 Å². The van der Waals surface area contributed by atoms with E-state index in [1.807, 2.05) is 19.1 Å². The molecule has 0 unspecified atom stereocenters. The molecule has 0 saturated heterocycles. The van der Waals surface area contributed by atoms with Crippen molar-refractivity contribution in [2.24, 2.45) is 0 Å².